The Bertz CT molecular complexity index is 524. The third-order valence-electron chi connectivity index (χ3n) is 3.62. The fraction of sp³-hybridized carbons (Fsp3) is 0.375. The molecule has 1 aliphatic carbocycles. The first-order valence-corrected chi connectivity index (χ1v) is 8.11. The molecule has 19 heavy (non-hydrogen) atoms. The number of hydrogen-bond acceptors (Lipinski definition) is 3. The lowest BCUT2D eigenvalue weighted by atomic mass is 10.1. The van der Waals surface area contributed by atoms with E-state index in [2.05, 4.69) is 48.0 Å². The van der Waals surface area contributed by atoms with Crippen LogP contribution < -0.4 is 5.32 Å². The summed E-state index contributed by atoms with van der Waals surface area (Å²) >= 11 is 1.79. The van der Waals surface area contributed by atoms with Gasteiger partial charge < -0.3 is 9.73 Å². The van der Waals surface area contributed by atoms with Crippen molar-refractivity contribution >= 4 is 11.8 Å². The summed E-state index contributed by atoms with van der Waals surface area (Å²) in [6.07, 6.45) is 4.36. The molecule has 1 aliphatic rings. The van der Waals surface area contributed by atoms with Crippen LogP contribution >= 0.6 is 11.8 Å². The van der Waals surface area contributed by atoms with Crippen LogP contribution in [0.4, 0.5) is 0 Å². The minimum atomic E-state index is 0.548. The summed E-state index contributed by atoms with van der Waals surface area (Å²) in [6.45, 7) is 0.826. The lowest BCUT2D eigenvalue weighted by Crippen LogP contribution is -2.28. The van der Waals surface area contributed by atoms with Crippen molar-refractivity contribution in [2.24, 2.45) is 0 Å². The molecule has 0 atom stereocenters. The van der Waals surface area contributed by atoms with E-state index < -0.39 is 0 Å². The number of hydrogen-bond donors (Lipinski definition) is 1. The Kier molecular flexibility index (Phi) is 3.95. The monoisotopic (exact) mass is 273 g/mol. The van der Waals surface area contributed by atoms with E-state index in [1.807, 2.05) is 0 Å². The van der Waals surface area contributed by atoms with E-state index >= 15 is 0 Å². The fourth-order valence-electron chi connectivity index (χ4n) is 2.69. The number of rotatable bonds is 5. The van der Waals surface area contributed by atoms with Gasteiger partial charge in [-0.05, 0) is 42.4 Å². The molecular formula is C16H19NOS. The second kappa shape index (κ2) is 5.85. The number of thioether (sulfide) groups is 1. The highest BCUT2D eigenvalue weighted by Gasteiger charge is 2.20. The van der Waals surface area contributed by atoms with E-state index in [-0.39, 0.29) is 0 Å². The van der Waals surface area contributed by atoms with Gasteiger partial charge in [0.05, 0.1) is 12.3 Å². The van der Waals surface area contributed by atoms with Crippen molar-refractivity contribution in [2.75, 3.05) is 6.26 Å². The highest BCUT2D eigenvalue weighted by Crippen LogP contribution is 2.22. The van der Waals surface area contributed by atoms with E-state index in [0.717, 1.165) is 36.7 Å². The summed E-state index contributed by atoms with van der Waals surface area (Å²) < 4.78 is 5.78. The molecule has 0 fully saturated rings. The molecule has 0 spiro atoms. The first kappa shape index (κ1) is 12.8. The van der Waals surface area contributed by atoms with Crippen molar-refractivity contribution in [1.29, 1.82) is 0 Å². The first-order chi connectivity index (χ1) is 9.35. The zero-order valence-corrected chi connectivity index (χ0v) is 12.0. The molecule has 1 heterocycles. The molecule has 1 aromatic heterocycles. The Morgan fingerprint density at radius 3 is 2.47 bits per heavy atom. The van der Waals surface area contributed by atoms with Gasteiger partial charge in [0, 0.05) is 6.04 Å². The Labute approximate surface area is 118 Å². The minimum absolute atomic E-state index is 0.548. The van der Waals surface area contributed by atoms with E-state index in [9.17, 15) is 0 Å². The van der Waals surface area contributed by atoms with Crippen molar-refractivity contribution in [2.45, 2.75) is 31.2 Å². The van der Waals surface area contributed by atoms with Crippen LogP contribution in [0.1, 0.15) is 22.6 Å². The molecule has 100 valence electrons. The maximum Gasteiger partial charge on any atom is 0.118 e. The van der Waals surface area contributed by atoms with Crippen LogP contribution in [0, 0.1) is 0 Å². The third-order valence-corrected chi connectivity index (χ3v) is 4.19. The lowest BCUT2D eigenvalue weighted by molar-refractivity contribution is 0.434. The summed E-state index contributed by atoms with van der Waals surface area (Å²) in [5.41, 5.74) is 2.98. The summed E-state index contributed by atoms with van der Waals surface area (Å²) in [4.78, 5) is 0. The predicted octanol–water partition coefficient (Wildman–Crippen LogP) is 3.40. The largest absolute Gasteiger partial charge is 0.464 e. The average molecular weight is 273 g/mol. The van der Waals surface area contributed by atoms with Crippen molar-refractivity contribution in [3.8, 4) is 0 Å². The van der Waals surface area contributed by atoms with Crippen molar-refractivity contribution in [3.05, 3.63) is 59.0 Å². The molecule has 0 saturated carbocycles. The van der Waals surface area contributed by atoms with Crippen molar-refractivity contribution < 1.29 is 4.42 Å². The van der Waals surface area contributed by atoms with Crippen LogP contribution in [0.2, 0.25) is 0 Å². The molecule has 0 saturated heterocycles. The summed E-state index contributed by atoms with van der Waals surface area (Å²) in [5, 5.41) is 3.60. The Morgan fingerprint density at radius 2 is 1.79 bits per heavy atom. The molecular weight excluding hydrogens is 254 g/mol. The smallest absolute Gasteiger partial charge is 0.118 e. The second-order valence-corrected chi connectivity index (χ2v) is 5.92. The molecule has 1 N–H and O–H groups in total. The number of nitrogens with one attached hydrogen (secondary N) is 1. The highest BCUT2D eigenvalue weighted by molar-refractivity contribution is 7.97. The molecule has 3 heteroatoms. The van der Waals surface area contributed by atoms with Crippen molar-refractivity contribution in [3.63, 3.8) is 0 Å². The Hall–Kier alpha value is -1.19. The summed E-state index contributed by atoms with van der Waals surface area (Å²) in [7, 11) is 0. The standard InChI is InChI=1S/C16H19NOS/c1-19-11-16-7-6-15(18-16)10-17-14-8-12-4-2-3-5-13(12)9-14/h2-7,14,17H,8-11H2,1H3. The number of furan rings is 1. The van der Waals surface area contributed by atoms with Gasteiger partial charge in [0.1, 0.15) is 11.5 Å². The van der Waals surface area contributed by atoms with Crippen molar-refractivity contribution in [1.82, 2.24) is 5.32 Å². The normalized spacial score (nSPS) is 14.8. The molecule has 2 aromatic rings. The zero-order valence-electron chi connectivity index (χ0n) is 11.2. The van der Waals surface area contributed by atoms with Crippen LogP contribution in [0.3, 0.4) is 0 Å². The van der Waals surface area contributed by atoms with Gasteiger partial charge in [-0.15, -0.1) is 0 Å². The fourth-order valence-corrected chi connectivity index (χ4v) is 3.12. The zero-order chi connectivity index (χ0) is 13.1. The van der Waals surface area contributed by atoms with Gasteiger partial charge >= 0.3 is 0 Å². The summed E-state index contributed by atoms with van der Waals surface area (Å²) in [6, 6.07) is 13.4. The van der Waals surface area contributed by atoms with Gasteiger partial charge in [0.25, 0.3) is 0 Å². The topological polar surface area (TPSA) is 25.2 Å². The van der Waals surface area contributed by atoms with Crippen LogP contribution in [0.5, 0.6) is 0 Å². The molecule has 0 radical (unpaired) electrons. The molecule has 0 unspecified atom stereocenters. The van der Waals surface area contributed by atoms with Gasteiger partial charge in [-0.3, -0.25) is 0 Å². The first-order valence-electron chi connectivity index (χ1n) is 6.72. The van der Waals surface area contributed by atoms with Crippen LogP contribution in [-0.4, -0.2) is 12.3 Å². The highest BCUT2D eigenvalue weighted by atomic mass is 32.2. The molecule has 0 bridgehead atoms. The van der Waals surface area contributed by atoms with Gasteiger partial charge in [0.2, 0.25) is 0 Å². The number of fused-ring (bicyclic) bond motifs is 1. The second-order valence-electron chi connectivity index (χ2n) is 5.06. The molecule has 2 nitrogen and oxygen atoms in total. The average Bonchev–Trinajstić information content (AvgIpc) is 3.02. The van der Waals surface area contributed by atoms with Crippen LogP contribution in [0.25, 0.3) is 0 Å². The third kappa shape index (κ3) is 3.04. The molecule has 1 aromatic carbocycles. The van der Waals surface area contributed by atoms with Gasteiger partial charge in [0.15, 0.2) is 0 Å². The quantitative estimate of drug-likeness (QED) is 0.904. The van der Waals surface area contributed by atoms with Gasteiger partial charge in [-0.1, -0.05) is 24.3 Å². The van der Waals surface area contributed by atoms with Gasteiger partial charge in [-0.25, -0.2) is 0 Å². The lowest BCUT2D eigenvalue weighted by Gasteiger charge is -2.10. The SMILES string of the molecule is CSCc1ccc(CNC2Cc3ccccc3C2)o1. The minimum Gasteiger partial charge on any atom is -0.464 e. The van der Waals surface area contributed by atoms with Crippen LogP contribution in [0.15, 0.2) is 40.8 Å². The maximum absolute atomic E-state index is 5.78. The summed E-state index contributed by atoms with van der Waals surface area (Å²) in [5.74, 6) is 3.06. The number of benzene rings is 1. The van der Waals surface area contributed by atoms with E-state index in [1.165, 1.54) is 11.1 Å². The Morgan fingerprint density at radius 1 is 1.11 bits per heavy atom. The van der Waals surface area contributed by atoms with E-state index in [0.29, 0.717) is 6.04 Å². The maximum atomic E-state index is 5.78. The van der Waals surface area contributed by atoms with Gasteiger partial charge in [-0.2, -0.15) is 11.8 Å². The predicted molar refractivity (Wildman–Crippen MR) is 80.4 cm³/mol. The Balaban J connectivity index is 1.53. The molecule has 0 aliphatic heterocycles. The van der Waals surface area contributed by atoms with Crippen LogP contribution in [-0.2, 0) is 25.1 Å². The molecule has 3 rings (SSSR count). The van der Waals surface area contributed by atoms with E-state index in [4.69, 9.17) is 4.42 Å². The van der Waals surface area contributed by atoms with E-state index in [1.54, 1.807) is 11.8 Å². The molecule has 0 amide bonds.